The van der Waals surface area contributed by atoms with Crippen LogP contribution in [0.15, 0.2) is 48.5 Å². The van der Waals surface area contributed by atoms with Crippen LogP contribution >= 0.6 is 0 Å². The summed E-state index contributed by atoms with van der Waals surface area (Å²) in [7, 11) is 3.80. The Morgan fingerprint density at radius 2 is 1.61 bits per heavy atom. The van der Waals surface area contributed by atoms with Gasteiger partial charge in [-0.2, -0.15) is 0 Å². The van der Waals surface area contributed by atoms with E-state index in [1.807, 2.05) is 49.3 Å². The zero-order chi connectivity index (χ0) is 26.2. The first-order chi connectivity index (χ1) is 17.3. The molecule has 8 heteroatoms. The number of ether oxygens (including phenoxy) is 2. The number of halogens is 2. The van der Waals surface area contributed by atoms with Crippen molar-refractivity contribution in [2.75, 3.05) is 27.2 Å². The SMILES string of the molecule is CN(C)C[C@@H](CC(=O)OCc1ccccc1)NC(=O)CCCCCCCCOc1ccc(F)c(F)c1. The van der Waals surface area contributed by atoms with Gasteiger partial charge in [0.05, 0.1) is 19.1 Å². The fourth-order valence-corrected chi connectivity index (χ4v) is 3.75. The van der Waals surface area contributed by atoms with Gasteiger partial charge in [0.15, 0.2) is 11.6 Å². The normalized spacial score (nSPS) is 11.8. The van der Waals surface area contributed by atoms with E-state index in [9.17, 15) is 18.4 Å². The molecule has 0 spiro atoms. The Morgan fingerprint density at radius 1 is 0.917 bits per heavy atom. The molecule has 0 unspecified atom stereocenters. The number of likely N-dealkylation sites (N-methyl/N-ethyl adjacent to an activating group) is 1. The van der Waals surface area contributed by atoms with Crippen molar-refractivity contribution in [2.24, 2.45) is 0 Å². The van der Waals surface area contributed by atoms with Crippen LogP contribution in [0, 0.1) is 11.6 Å². The minimum atomic E-state index is -0.910. The first kappa shape index (κ1) is 29.2. The summed E-state index contributed by atoms with van der Waals surface area (Å²) in [6, 6.07) is 12.7. The second kappa shape index (κ2) is 16.6. The molecule has 198 valence electrons. The second-order valence-corrected chi connectivity index (χ2v) is 9.17. The minimum absolute atomic E-state index is 0.0577. The summed E-state index contributed by atoms with van der Waals surface area (Å²) in [5.74, 6) is -1.85. The molecular formula is C28H38F2N2O4. The van der Waals surface area contributed by atoms with E-state index in [-0.39, 0.29) is 30.9 Å². The lowest BCUT2D eigenvalue weighted by atomic mass is 10.1. The number of hydrogen-bond acceptors (Lipinski definition) is 5. The van der Waals surface area contributed by atoms with Crippen LogP contribution in [0.1, 0.15) is 56.9 Å². The molecule has 0 aliphatic carbocycles. The molecule has 1 N–H and O–H groups in total. The highest BCUT2D eigenvalue weighted by atomic mass is 19.2. The number of nitrogens with one attached hydrogen (secondary N) is 1. The van der Waals surface area contributed by atoms with Crippen molar-refractivity contribution in [3.63, 3.8) is 0 Å². The van der Waals surface area contributed by atoms with E-state index < -0.39 is 11.6 Å². The fraction of sp³-hybridized carbons (Fsp3) is 0.500. The van der Waals surface area contributed by atoms with Gasteiger partial charge >= 0.3 is 5.97 Å². The summed E-state index contributed by atoms with van der Waals surface area (Å²) in [5.41, 5.74) is 0.926. The number of carbonyl (C=O) groups is 2. The van der Waals surface area contributed by atoms with Gasteiger partial charge in [0.25, 0.3) is 0 Å². The van der Waals surface area contributed by atoms with Gasteiger partial charge in [0, 0.05) is 19.0 Å². The molecule has 36 heavy (non-hydrogen) atoms. The van der Waals surface area contributed by atoms with E-state index in [0.717, 1.165) is 56.2 Å². The van der Waals surface area contributed by atoms with Crippen molar-refractivity contribution in [2.45, 2.75) is 64.0 Å². The van der Waals surface area contributed by atoms with E-state index in [0.29, 0.717) is 25.3 Å². The van der Waals surface area contributed by atoms with Gasteiger partial charge < -0.3 is 19.7 Å². The van der Waals surface area contributed by atoms with Crippen LogP contribution in [0.3, 0.4) is 0 Å². The highest BCUT2D eigenvalue weighted by Crippen LogP contribution is 2.16. The Morgan fingerprint density at radius 3 is 2.31 bits per heavy atom. The van der Waals surface area contributed by atoms with Crippen LogP contribution in [-0.4, -0.2) is 50.1 Å². The Balaban J connectivity index is 1.55. The molecule has 2 aromatic carbocycles. The molecule has 0 saturated heterocycles. The van der Waals surface area contributed by atoms with Crippen LogP contribution in [0.5, 0.6) is 5.75 Å². The zero-order valence-electron chi connectivity index (χ0n) is 21.3. The predicted molar refractivity (Wildman–Crippen MR) is 136 cm³/mol. The maximum Gasteiger partial charge on any atom is 0.308 e. The molecule has 2 aromatic rings. The molecule has 1 amide bonds. The standard InChI is InChI=1S/C28H38F2N2O4/c1-32(2)20-23(18-28(34)36-21-22-12-8-7-9-13-22)31-27(33)14-10-5-3-4-6-11-17-35-24-15-16-25(29)26(30)19-24/h7-9,12-13,15-16,19,23H,3-6,10-11,14,17-18,20-21H2,1-2H3,(H,31,33)/t23-/m1/s1. The summed E-state index contributed by atoms with van der Waals surface area (Å²) < 4.78 is 36.9. The number of benzene rings is 2. The average molecular weight is 505 g/mol. The van der Waals surface area contributed by atoms with Crippen LogP contribution in [0.25, 0.3) is 0 Å². The molecule has 0 radical (unpaired) electrons. The molecule has 2 rings (SSSR count). The van der Waals surface area contributed by atoms with Gasteiger partial charge in [0.1, 0.15) is 12.4 Å². The van der Waals surface area contributed by atoms with Gasteiger partial charge in [0.2, 0.25) is 5.91 Å². The zero-order valence-corrected chi connectivity index (χ0v) is 21.3. The molecular weight excluding hydrogens is 466 g/mol. The molecule has 0 aliphatic rings. The number of carbonyl (C=O) groups excluding carboxylic acids is 2. The summed E-state index contributed by atoms with van der Waals surface area (Å²) in [4.78, 5) is 26.6. The predicted octanol–water partition coefficient (Wildman–Crippen LogP) is 5.25. The third kappa shape index (κ3) is 12.6. The molecule has 0 bridgehead atoms. The Kier molecular flexibility index (Phi) is 13.5. The summed E-state index contributed by atoms with van der Waals surface area (Å²) >= 11 is 0. The topological polar surface area (TPSA) is 67.9 Å². The third-order valence-electron chi connectivity index (χ3n) is 5.56. The second-order valence-electron chi connectivity index (χ2n) is 9.17. The van der Waals surface area contributed by atoms with Crippen molar-refractivity contribution in [1.82, 2.24) is 10.2 Å². The van der Waals surface area contributed by atoms with Crippen molar-refractivity contribution in [3.8, 4) is 5.75 Å². The maximum absolute atomic E-state index is 13.1. The van der Waals surface area contributed by atoms with Crippen molar-refractivity contribution in [1.29, 1.82) is 0 Å². The van der Waals surface area contributed by atoms with E-state index in [1.165, 1.54) is 6.07 Å². The highest BCUT2D eigenvalue weighted by Gasteiger charge is 2.18. The third-order valence-corrected chi connectivity index (χ3v) is 5.56. The van der Waals surface area contributed by atoms with Crippen molar-refractivity contribution in [3.05, 3.63) is 65.7 Å². The molecule has 0 fully saturated rings. The molecule has 0 aliphatic heterocycles. The lowest BCUT2D eigenvalue weighted by Crippen LogP contribution is -2.43. The monoisotopic (exact) mass is 504 g/mol. The number of amides is 1. The largest absolute Gasteiger partial charge is 0.493 e. The maximum atomic E-state index is 13.1. The van der Waals surface area contributed by atoms with Crippen molar-refractivity contribution < 1.29 is 27.8 Å². The number of unbranched alkanes of at least 4 members (excludes halogenated alkanes) is 5. The average Bonchev–Trinajstić information content (AvgIpc) is 2.84. The number of rotatable bonds is 17. The van der Waals surface area contributed by atoms with Crippen molar-refractivity contribution >= 4 is 11.9 Å². The summed E-state index contributed by atoms with van der Waals surface area (Å²) in [6.07, 6.45) is 6.08. The summed E-state index contributed by atoms with van der Waals surface area (Å²) in [6.45, 7) is 1.23. The van der Waals surface area contributed by atoms with Gasteiger partial charge in [-0.05, 0) is 44.6 Å². The van der Waals surface area contributed by atoms with Gasteiger partial charge in [-0.3, -0.25) is 9.59 Å². The quantitative estimate of drug-likeness (QED) is 0.235. The fourth-order valence-electron chi connectivity index (χ4n) is 3.75. The Bertz CT molecular complexity index is 925. The van der Waals surface area contributed by atoms with E-state index >= 15 is 0 Å². The first-order valence-electron chi connectivity index (χ1n) is 12.5. The molecule has 1 atom stereocenters. The van der Waals surface area contributed by atoms with Crippen LogP contribution in [0.4, 0.5) is 8.78 Å². The smallest absolute Gasteiger partial charge is 0.308 e. The minimum Gasteiger partial charge on any atom is -0.493 e. The number of hydrogen-bond donors (Lipinski definition) is 1. The van der Waals surface area contributed by atoms with Gasteiger partial charge in [-0.25, -0.2) is 8.78 Å². The lowest BCUT2D eigenvalue weighted by Gasteiger charge is -2.22. The van der Waals surface area contributed by atoms with Gasteiger partial charge in [-0.1, -0.05) is 56.0 Å². The Labute approximate surface area is 213 Å². The first-order valence-corrected chi connectivity index (χ1v) is 12.5. The Hall–Kier alpha value is -3.00. The van der Waals surface area contributed by atoms with Crippen LogP contribution in [-0.2, 0) is 20.9 Å². The van der Waals surface area contributed by atoms with Crippen LogP contribution in [0.2, 0.25) is 0 Å². The number of nitrogens with zero attached hydrogens (tertiary/aromatic N) is 1. The highest BCUT2D eigenvalue weighted by molar-refractivity contribution is 5.77. The van der Waals surface area contributed by atoms with E-state index in [1.54, 1.807) is 0 Å². The number of esters is 1. The molecule has 6 nitrogen and oxygen atoms in total. The lowest BCUT2D eigenvalue weighted by molar-refractivity contribution is -0.145. The van der Waals surface area contributed by atoms with Crippen LogP contribution < -0.4 is 10.1 Å². The van der Waals surface area contributed by atoms with E-state index in [4.69, 9.17) is 9.47 Å². The van der Waals surface area contributed by atoms with Gasteiger partial charge in [-0.15, -0.1) is 0 Å². The molecule has 0 heterocycles. The van der Waals surface area contributed by atoms with E-state index in [2.05, 4.69) is 5.32 Å². The molecule has 0 aromatic heterocycles. The molecule has 0 saturated carbocycles. The summed E-state index contributed by atoms with van der Waals surface area (Å²) in [5, 5.41) is 2.97.